The van der Waals surface area contributed by atoms with E-state index in [0.29, 0.717) is 10.9 Å². The van der Waals surface area contributed by atoms with Crippen molar-refractivity contribution < 1.29 is 0 Å². The summed E-state index contributed by atoms with van der Waals surface area (Å²) in [6.07, 6.45) is 8.44. The Balaban J connectivity index is 1.83. The molecule has 0 amide bonds. The largest absolute Gasteiger partial charge is 0.305 e. The molecule has 3 aromatic rings. The minimum atomic E-state index is -0.0999. The van der Waals surface area contributed by atoms with Crippen molar-refractivity contribution in [2.24, 2.45) is 7.05 Å². The number of hydrogen-bond donors (Lipinski definition) is 1. The van der Waals surface area contributed by atoms with Crippen LogP contribution in [0.2, 0.25) is 0 Å². The molecule has 3 aromatic heterocycles. The SMILES string of the molecule is Cn1cc(/C=C(\Cl)c2nc3sc4c(c3c(=O)[nH]2)CCC4)cn1. The topological polar surface area (TPSA) is 63.6 Å². The molecule has 0 saturated carbocycles. The van der Waals surface area contributed by atoms with Gasteiger partial charge in [0.25, 0.3) is 5.56 Å². The Bertz CT molecular complexity index is 966. The summed E-state index contributed by atoms with van der Waals surface area (Å²) in [5.74, 6) is 0.406. The van der Waals surface area contributed by atoms with Gasteiger partial charge in [-0.15, -0.1) is 11.3 Å². The first kappa shape index (κ1) is 13.7. The lowest BCUT2D eigenvalue weighted by Gasteiger charge is -1.99. The molecule has 1 aliphatic rings. The third-order valence-corrected chi connectivity index (χ3v) is 5.29. The first-order valence-corrected chi connectivity index (χ1v) is 8.22. The Kier molecular flexibility index (Phi) is 3.16. The second-order valence-electron chi connectivity index (χ2n) is 5.39. The first-order chi connectivity index (χ1) is 10.6. The molecule has 0 fully saturated rings. The van der Waals surface area contributed by atoms with Crippen LogP contribution >= 0.6 is 22.9 Å². The number of nitrogens with one attached hydrogen (secondary N) is 1. The Labute approximate surface area is 135 Å². The molecule has 0 aromatic carbocycles. The van der Waals surface area contributed by atoms with Crippen molar-refractivity contribution in [3.63, 3.8) is 0 Å². The summed E-state index contributed by atoms with van der Waals surface area (Å²) >= 11 is 7.92. The molecule has 0 spiro atoms. The molecule has 5 nitrogen and oxygen atoms in total. The molecule has 0 bridgehead atoms. The molecular formula is C15H13ClN4OS. The van der Waals surface area contributed by atoms with Gasteiger partial charge in [-0.3, -0.25) is 9.48 Å². The Hall–Kier alpha value is -1.92. The van der Waals surface area contributed by atoms with Gasteiger partial charge in [-0.2, -0.15) is 5.10 Å². The van der Waals surface area contributed by atoms with E-state index in [1.54, 1.807) is 28.3 Å². The van der Waals surface area contributed by atoms with Crippen LogP contribution in [-0.4, -0.2) is 19.7 Å². The number of hydrogen-bond acceptors (Lipinski definition) is 4. The van der Waals surface area contributed by atoms with Gasteiger partial charge < -0.3 is 4.98 Å². The highest BCUT2D eigenvalue weighted by Gasteiger charge is 2.21. The van der Waals surface area contributed by atoms with Crippen LogP contribution in [0.1, 0.15) is 28.2 Å². The van der Waals surface area contributed by atoms with E-state index in [9.17, 15) is 4.79 Å². The minimum Gasteiger partial charge on any atom is -0.305 e. The fourth-order valence-corrected chi connectivity index (χ4v) is 4.32. The van der Waals surface area contributed by atoms with Gasteiger partial charge in [0.15, 0.2) is 5.82 Å². The summed E-state index contributed by atoms with van der Waals surface area (Å²) < 4.78 is 1.69. The van der Waals surface area contributed by atoms with E-state index in [1.807, 2.05) is 13.2 Å². The summed E-state index contributed by atoms with van der Waals surface area (Å²) in [7, 11) is 1.84. The zero-order chi connectivity index (χ0) is 15.3. The number of aryl methyl sites for hydroxylation is 3. The van der Waals surface area contributed by atoms with Gasteiger partial charge in [0.05, 0.1) is 16.6 Å². The van der Waals surface area contributed by atoms with E-state index in [-0.39, 0.29) is 5.56 Å². The molecule has 0 radical (unpaired) electrons. The average Bonchev–Trinajstić information content (AvgIpc) is 3.13. The predicted octanol–water partition coefficient (Wildman–Crippen LogP) is 2.94. The summed E-state index contributed by atoms with van der Waals surface area (Å²) in [5.41, 5.74) is 1.94. The number of H-pyrrole nitrogens is 1. The predicted molar refractivity (Wildman–Crippen MR) is 89.2 cm³/mol. The highest BCUT2D eigenvalue weighted by Crippen LogP contribution is 2.35. The van der Waals surface area contributed by atoms with Crippen LogP contribution in [0.5, 0.6) is 0 Å². The second-order valence-corrected chi connectivity index (χ2v) is 6.88. The van der Waals surface area contributed by atoms with Crippen LogP contribution in [-0.2, 0) is 19.9 Å². The molecule has 1 N–H and O–H groups in total. The number of aromatic amines is 1. The average molecular weight is 333 g/mol. The van der Waals surface area contributed by atoms with Crippen LogP contribution in [0.3, 0.4) is 0 Å². The van der Waals surface area contributed by atoms with Gasteiger partial charge >= 0.3 is 0 Å². The highest BCUT2D eigenvalue weighted by atomic mass is 35.5. The fraction of sp³-hybridized carbons (Fsp3) is 0.267. The van der Waals surface area contributed by atoms with Gasteiger partial charge in [-0.25, -0.2) is 4.98 Å². The van der Waals surface area contributed by atoms with E-state index in [1.165, 1.54) is 10.4 Å². The van der Waals surface area contributed by atoms with Crippen LogP contribution in [0.4, 0.5) is 0 Å². The lowest BCUT2D eigenvalue weighted by atomic mass is 10.2. The van der Waals surface area contributed by atoms with Crippen molar-refractivity contribution in [2.45, 2.75) is 19.3 Å². The first-order valence-electron chi connectivity index (χ1n) is 7.02. The van der Waals surface area contributed by atoms with Crippen molar-refractivity contribution in [1.82, 2.24) is 19.7 Å². The molecule has 1 aliphatic carbocycles. The number of aromatic nitrogens is 4. The molecule has 0 aliphatic heterocycles. The molecule has 22 heavy (non-hydrogen) atoms. The van der Waals surface area contributed by atoms with Crippen molar-refractivity contribution in [1.29, 1.82) is 0 Å². The van der Waals surface area contributed by atoms with Gasteiger partial charge in [0.2, 0.25) is 0 Å². The zero-order valence-electron chi connectivity index (χ0n) is 11.9. The summed E-state index contributed by atoms with van der Waals surface area (Å²) in [6.45, 7) is 0. The van der Waals surface area contributed by atoms with Gasteiger partial charge in [-0.1, -0.05) is 11.6 Å². The van der Waals surface area contributed by atoms with Gasteiger partial charge in [0, 0.05) is 23.7 Å². The third kappa shape index (κ3) is 2.19. The molecule has 3 heterocycles. The van der Waals surface area contributed by atoms with Crippen molar-refractivity contribution in [3.05, 3.63) is 44.6 Å². The molecule has 0 saturated heterocycles. The fourth-order valence-electron chi connectivity index (χ4n) is 2.84. The highest BCUT2D eigenvalue weighted by molar-refractivity contribution is 7.18. The van der Waals surface area contributed by atoms with Crippen molar-refractivity contribution >= 4 is 44.3 Å². The lowest BCUT2D eigenvalue weighted by molar-refractivity contribution is 0.767. The lowest BCUT2D eigenvalue weighted by Crippen LogP contribution is -2.10. The van der Waals surface area contributed by atoms with Crippen LogP contribution < -0.4 is 5.56 Å². The normalized spacial score (nSPS) is 14.7. The Morgan fingerprint density at radius 1 is 1.50 bits per heavy atom. The van der Waals surface area contributed by atoms with Gasteiger partial charge in [-0.05, 0) is 30.9 Å². The summed E-state index contributed by atoms with van der Waals surface area (Å²) in [5, 5.41) is 5.23. The van der Waals surface area contributed by atoms with E-state index < -0.39 is 0 Å². The van der Waals surface area contributed by atoms with Crippen molar-refractivity contribution in [3.8, 4) is 0 Å². The quantitative estimate of drug-likeness (QED) is 0.784. The minimum absolute atomic E-state index is 0.0999. The number of thiophene rings is 1. The standard InChI is InChI=1S/C15H13ClN4OS/c1-20-7-8(6-17-20)5-10(16)13-18-14(21)12-9-3-2-4-11(9)22-15(12)19-13/h5-7H,2-4H2,1H3,(H,18,19,21)/b10-5-. The number of nitrogens with zero attached hydrogens (tertiary/aromatic N) is 3. The zero-order valence-corrected chi connectivity index (χ0v) is 13.5. The maximum atomic E-state index is 12.4. The molecule has 7 heteroatoms. The molecule has 0 atom stereocenters. The van der Waals surface area contributed by atoms with Crippen molar-refractivity contribution in [2.75, 3.05) is 0 Å². The molecule has 4 rings (SSSR count). The monoisotopic (exact) mass is 332 g/mol. The number of halogens is 1. The molecular weight excluding hydrogens is 320 g/mol. The Morgan fingerprint density at radius 2 is 2.36 bits per heavy atom. The van der Waals surface area contributed by atoms with E-state index >= 15 is 0 Å². The second kappa shape index (κ2) is 5.07. The maximum absolute atomic E-state index is 12.4. The van der Waals surface area contributed by atoms with Crippen LogP contribution in [0.25, 0.3) is 21.3 Å². The van der Waals surface area contributed by atoms with E-state index in [4.69, 9.17) is 11.6 Å². The number of rotatable bonds is 2. The Morgan fingerprint density at radius 3 is 3.14 bits per heavy atom. The smallest absolute Gasteiger partial charge is 0.260 e. The maximum Gasteiger partial charge on any atom is 0.260 e. The van der Waals surface area contributed by atoms with E-state index in [0.717, 1.165) is 35.0 Å². The van der Waals surface area contributed by atoms with Gasteiger partial charge in [0.1, 0.15) is 4.83 Å². The van der Waals surface area contributed by atoms with E-state index in [2.05, 4.69) is 15.1 Å². The third-order valence-electron chi connectivity index (χ3n) is 3.82. The van der Waals surface area contributed by atoms with Crippen LogP contribution in [0.15, 0.2) is 17.2 Å². The molecule has 112 valence electrons. The summed E-state index contributed by atoms with van der Waals surface area (Å²) in [4.78, 5) is 21.8. The molecule has 0 unspecified atom stereocenters. The summed E-state index contributed by atoms with van der Waals surface area (Å²) in [6, 6.07) is 0. The van der Waals surface area contributed by atoms with Crippen LogP contribution in [0, 0.1) is 0 Å². The number of fused-ring (bicyclic) bond motifs is 3.